The molecule has 0 radical (unpaired) electrons. The number of hydrogen-bond acceptors (Lipinski definition) is 12. The van der Waals surface area contributed by atoms with Gasteiger partial charge in [-0.25, -0.2) is 24.3 Å². The Hall–Kier alpha value is -3.89. The molecule has 1 aliphatic carbocycles. The van der Waals surface area contributed by atoms with Crippen molar-refractivity contribution in [2.45, 2.75) is 70.2 Å². The standard InChI is InChI=1S/C27H33N7O7S/c1-14(35)32-26(4)7-6-16(11-26)33-18-10-21(28-12-19(18)34(24(33)36)27(38,39)40)31-22-9-15(25(2,3)37)8-17(30-22)20-13-29-23(41-5)42-20/h8-10,12-13,16,37-40H,6-7,11H2,1-5H3,(H,32,35)(H,28,30,31)/t16?,26-/m0/s1. The monoisotopic (exact) mass is 599 g/mol. The van der Waals surface area contributed by atoms with Crippen molar-refractivity contribution in [3.63, 3.8) is 0 Å². The minimum atomic E-state index is -3.47. The lowest BCUT2D eigenvalue weighted by atomic mass is 9.98. The van der Waals surface area contributed by atoms with Gasteiger partial charge in [-0.3, -0.25) is 9.36 Å². The molecule has 2 atom stereocenters. The van der Waals surface area contributed by atoms with Crippen LogP contribution in [0.3, 0.4) is 0 Å². The van der Waals surface area contributed by atoms with Crippen molar-refractivity contribution < 1.29 is 30.0 Å². The summed E-state index contributed by atoms with van der Waals surface area (Å²) in [4.78, 5) is 39.1. The van der Waals surface area contributed by atoms with Crippen LogP contribution in [0.5, 0.6) is 5.19 Å². The van der Waals surface area contributed by atoms with E-state index in [-0.39, 0.29) is 22.8 Å². The number of anilines is 2. The summed E-state index contributed by atoms with van der Waals surface area (Å²) in [5.41, 5.74) is -1.24. The van der Waals surface area contributed by atoms with Gasteiger partial charge in [-0.05, 0) is 57.7 Å². The molecule has 5 rings (SSSR count). The predicted molar refractivity (Wildman–Crippen MR) is 154 cm³/mol. The summed E-state index contributed by atoms with van der Waals surface area (Å²) in [7, 11) is 1.52. The smallest absolute Gasteiger partial charge is 0.377 e. The van der Waals surface area contributed by atoms with E-state index in [0.717, 1.165) is 0 Å². The van der Waals surface area contributed by atoms with Gasteiger partial charge in [-0.1, -0.05) is 11.3 Å². The van der Waals surface area contributed by atoms with Gasteiger partial charge in [0.25, 0.3) is 5.19 Å². The third kappa shape index (κ3) is 5.73. The molecule has 14 nitrogen and oxygen atoms in total. The maximum atomic E-state index is 13.5. The van der Waals surface area contributed by atoms with Crippen LogP contribution >= 0.6 is 11.3 Å². The van der Waals surface area contributed by atoms with E-state index >= 15 is 0 Å². The number of aliphatic hydroxyl groups is 4. The zero-order valence-electron chi connectivity index (χ0n) is 23.7. The molecule has 15 heteroatoms. The number of pyridine rings is 2. The lowest BCUT2D eigenvalue weighted by Crippen LogP contribution is -2.44. The molecule has 1 saturated carbocycles. The highest BCUT2D eigenvalue weighted by molar-refractivity contribution is 7.16. The fourth-order valence-corrected chi connectivity index (χ4v) is 6.16. The summed E-state index contributed by atoms with van der Waals surface area (Å²) in [6.07, 6.45) is 0.911. The summed E-state index contributed by atoms with van der Waals surface area (Å²) in [5, 5.41) is 47.4. The number of aromatic nitrogens is 5. The van der Waals surface area contributed by atoms with Gasteiger partial charge in [0.05, 0.1) is 46.7 Å². The van der Waals surface area contributed by atoms with Gasteiger partial charge in [-0.15, -0.1) is 0 Å². The van der Waals surface area contributed by atoms with Crippen LogP contribution in [-0.4, -0.2) is 63.1 Å². The number of hydrogen-bond donors (Lipinski definition) is 6. The lowest BCUT2D eigenvalue weighted by Gasteiger charge is -2.25. The normalized spacial score (nSPS) is 19.3. The van der Waals surface area contributed by atoms with Gasteiger partial charge >= 0.3 is 11.8 Å². The Bertz CT molecular complexity index is 1720. The van der Waals surface area contributed by atoms with Crippen LogP contribution in [0.1, 0.15) is 58.6 Å². The van der Waals surface area contributed by atoms with Gasteiger partial charge in [0.1, 0.15) is 11.6 Å². The van der Waals surface area contributed by atoms with Crippen LogP contribution in [0.15, 0.2) is 35.4 Å². The number of methoxy groups -OCH3 is 1. The van der Waals surface area contributed by atoms with Crippen molar-refractivity contribution in [1.82, 2.24) is 29.4 Å². The van der Waals surface area contributed by atoms with Gasteiger partial charge in [0, 0.05) is 24.6 Å². The number of nitrogens with zero attached hydrogens (tertiary/aromatic N) is 5. The third-order valence-corrected chi connectivity index (χ3v) is 8.30. The maximum Gasteiger partial charge on any atom is 0.377 e. The summed E-state index contributed by atoms with van der Waals surface area (Å²) in [5.74, 6) is 0.418. The van der Waals surface area contributed by atoms with Gasteiger partial charge in [-0.2, -0.15) is 0 Å². The number of carbonyl (C=O) groups excluding carboxylic acids is 1. The topological polar surface area (TPSA) is 197 Å². The first-order valence-electron chi connectivity index (χ1n) is 13.2. The highest BCUT2D eigenvalue weighted by Crippen LogP contribution is 2.39. The van der Waals surface area contributed by atoms with Crippen molar-refractivity contribution >= 4 is 39.9 Å². The SMILES string of the molecule is COc1ncc(-c2cc(C(C)(C)O)cc(Nc3cc4c(cn3)n(C(O)(O)O)c(=O)n4C3CC[C@](C)(NC(C)=O)C3)n2)s1. The molecule has 224 valence electrons. The lowest BCUT2D eigenvalue weighted by molar-refractivity contribution is -0.374. The van der Waals surface area contributed by atoms with Crippen LogP contribution in [0.4, 0.5) is 11.6 Å². The first-order valence-corrected chi connectivity index (χ1v) is 14.0. The van der Waals surface area contributed by atoms with E-state index in [1.165, 1.54) is 36.1 Å². The fraction of sp³-hybridized carbons (Fsp3) is 0.444. The summed E-state index contributed by atoms with van der Waals surface area (Å²) < 4.78 is 7.03. The zero-order chi connectivity index (χ0) is 30.6. The molecule has 0 spiro atoms. The van der Waals surface area contributed by atoms with E-state index in [1.54, 1.807) is 38.2 Å². The summed E-state index contributed by atoms with van der Waals surface area (Å²) in [6.45, 7) is 6.61. The second-order valence-corrected chi connectivity index (χ2v) is 12.3. The van der Waals surface area contributed by atoms with E-state index in [0.29, 0.717) is 51.0 Å². The van der Waals surface area contributed by atoms with E-state index in [2.05, 4.69) is 25.6 Å². The maximum absolute atomic E-state index is 13.5. The average Bonchev–Trinajstić information content (AvgIpc) is 3.57. The highest BCUT2D eigenvalue weighted by atomic mass is 32.1. The van der Waals surface area contributed by atoms with E-state index in [4.69, 9.17) is 4.74 Å². The number of amides is 1. The van der Waals surface area contributed by atoms with Gasteiger partial charge in [0.2, 0.25) is 5.91 Å². The Morgan fingerprint density at radius 3 is 2.48 bits per heavy atom. The molecule has 4 aromatic heterocycles. The third-order valence-electron chi connectivity index (χ3n) is 7.32. The number of rotatable bonds is 8. The molecular formula is C27H33N7O7S. The molecule has 1 amide bonds. The molecule has 42 heavy (non-hydrogen) atoms. The van der Waals surface area contributed by atoms with Gasteiger partial charge in [0.15, 0.2) is 0 Å². The zero-order valence-corrected chi connectivity index (χ0v) is 24.6. The quantitative estimate of drug-likeness (QED) is 0.162. The molecule has 0 aliphatic heterocycles. The number of imidazole rings is 1. The Kier molecular flexibility index (Phi) is 7.35. The Balaban J connectivity index is 1.59. The molecule has 4 aromatic rings. The second-order valence-electron chi connectivity index (χ2n) is 11.3. The number of nitrogens with one attached hydrogen (secondary N) is 2. The number of thiazole rings is 1. The first kappa shape index (κ1) is 29.6. The van der Waals surface area contributed by atoms with E-state index in [1.807, 2.05) is 6.92 Å². The van der Waals surface area contributed by atoms with Crippen molar-refractivity contribution in [3.8, 4) is 15.8 Å². The number of carbonyl (C=O) groups is 1. The minimum Gasteiger partial charge on any atom is -0.473 e. The molecule has 1 unspecified atom stereocenters. The van der Waals surface area contributed by atoms with Crippen molar-refractivity contribution in [3.05, 3.63) is 46.6 Å². The van der Waals surface area contributed by atoms with E-state index in [9.17, 15) is 30.0 Å². The molecule has 4 heterocycles. The molecule has 1 fully saturated rings. The Morgan fingerprint density at radius 2 is 1.86 bits per heavy atom. The van der Waals surface area contributed by atoms with Crippen LogP contribution in [-0.2, 0) is 16.5 Å². The Labute approximate surface area is 244 Å². The summed E-state index contributed by atoms with van der Waals surface area (Å²) >= 11 is 1.29. The predicted octanol–water partition coefficient (Wildman–Crippen LogP) is 1.86. The molecular weight excluding hydrogens is 566 g/mol. The second kappa shape index (κ2) is 10.4. The van der Waals surface area contributed by atoms with Crippen molar-refractivity contribution in [2.24, 2.45) is 0 Å². The fourth-order valence-electron chi connectivity index (χ4n) is 5.47. The van der Waals surface area contributed by atoms with Crippen LogP contribution in [0, 0.1) is 0 Å². The van der Waals surface area contributed by atoms with Crippen molar-refractivity contribution in [2.75, 3.05) is 12.4 Å². The number of ether oxygens (including phenoxy) is 1. The van der Waals surface area contributed by atoms with Gasteiger partial charge < -0.3 is 35.8 Å². The van der Waals surface area contributed by atoms with Crippen molar-refractivity contribution in [1.29, 1.82) is 0 Å². The number of fused-ring (bicyclic) bond motifs is 1. The van der Waals surface area contributed by atoms with E-state index < -0.39 is 29.0 Å². The van der Waals surface area contributed by atoms with Crippen LogP contribution in [0.25, 0.3) is 21.6 Å². The molecule has 0 bridgehead atoms. The largest absolute Gasteiger partial charge is 0.473 e. The van der Waals surface area contributed by atoms with Crippen LogP contribution < -0.4 is 21.1 Å². The minimum absolute atomic E-state index is 0.0122. The molecule has 6 N–H and O–H groups in total. The molecule has 1 aliphatic rings. The average molecular weight is 600 g/mol. The highest BCUT2D eigenvalue weighted by Gasteiger charge is 2.40. The molecule has 0 saturated heterocycles. The molecule has 0 aromatic carbocycles. The summed E-state index contributed by atoms with van der Waals surface area (Å²) in [6, 6.07) is 4.55. The van der Waals surface area contributed by atoms with Crippen LogP contribution in [0.2, 0.25) is 0 Å². The Morgan fingerprint density at radius 1 is 1.12 bits per heavy atom. The first-order chi connectivity index (χ1) is 19.6.